The van der Waals surface area contributed by atoms with Gasteiger partial charge in [-0.25, -0.2) is 4.39 Å². The van der Waals surface area contributed by atoms with Crippen LogP contribution in [0.4, 0.5) is 17.6 Å². The van der Waals surface area contributed by atoms with Crippen molar-refractivity contribution in [3.63, 3.8) is 0 Å². The van der Waals surface area contributed by atoms with E-state index in [1.54, 1.807) is 12.1 Å². The lowest BCUT2D eigenvalue weighted by atomic mass is 9.89. The number of pyridine rings is 1. The predicted molar refractivity (Wildman–Crippen MR) is 87.6 cm³/mol. The molecule has 1 N–H and O–H groups in total. The molecule has 2 aromatic rings. The number of amides is 1. The molecule has 1 aliphatic rings. The molecule has 0 saturated heterocycles. The molecule has 1 saturated carbocycles. The lowest BCUT2D eigenvalue weighted by Crippen LogP contribution is -2.48. The highest BCUT2D eigenvalue weighted by Gasteiger charge is 2.33. The number of carbonyl (C=O) groups is 1. The van der Waals surface area contributed by atoms with Gasteiger partial charge in [-0.1, -0.05) is 0 Å². The van der Waals surface area contributed by atoms with E-state index in [1.807, 2.05) is 0 Å². The minimum absolute atomic E-state index is 0.0589. The highest BCUT2D eigenvalue weighted by Crippen LogP contribution is 2.31. The smallest absolute Gasteiger partial charge is 0.490 e. The second kappa shape index (κ2) is 7.42. The molecule has 1 aromatic heterocycles. The van der Waals surface area contributed by atoms with Gasteiger partial charge in [0.25, 0.3) is 0 Å². The topological polar surface area (TPSA) is 60.5 Å². The van der Waals surface area contributed by atoms with Crippen molar-refractivity contribution in [2.45, 2.75) is 38.3 Å². The molecule has 0 spiro atoms. The first-order chi connectivity index (χ1) is 12.7. The third-order valence-corrected chi connectivity index (χ3v) is 3.99. The Morgan fingerprint density at radius 2 is 1.96 bits per heavy atom. The van der Waals surface area contributed by atoms with Crippen molar-refractivity contribution in [2.75, 3.05) is 0 Å². The molecule has 144 valence electrons. The summed E-state index contributed by atoms with van der Waals surface area (Å²) in [5.41, 5.74) is 0.639. The number of nitrogens with zero attached hydrogens (tertiary/aromatic N) is 1. The van der Waals surface area contributed by atoms with E-state index in [4.69, 9.17) is 4.74 Å². The highest BCUT2D eigenvalue weighted by molar-refractivity contribution is 5.73. The summed E-state index contributed by atoms with van der Waals surface area (Å²) in [6.45, 7) is 1.45. The average Bonchev–Trinajstić information content (AvgIpc) is 2.53. The largest absolute Gasteiger partial charge is 0.573 e. The molecular weight excluding hydrogens is 368 g/mol. The zero-order chi connectivity index (χ0) is 19.6. The second-order valence-corrected chi connectivity index (χ2v) is 6.18. The number of rotatable bonds is 5. The van der Waals surface area contributed by atoms with Crippen molar-refractivity contribution >= 4 is 5.91 Å². The molecule has 1 heterocycles. The Balaban J connectivity index is 1.67. The highest BCUT2D eigenvalue weighted by atomic mass is 19.4. The lowest BCUT2D eigenvalue weighted by Gasteiger charge is -2.35. The normalized spacial score (nSPS) is 19.1. The minimum atomic E-state index is -4.97. The van der Waals surface area contributed by atoms with Gasteiger partial charge in [0, 0.05) is 43.6 Å². The fourth-order valence-electron chi connectivity index (χ4n) is 2.77. The summed E-state index contributed by atoms with van der Waals surface area (Å²) in [5.74, 6) is -1.64. The van der Waals surface area contributed by atoms with Crippen molar-refractivity contribution in [3.05, 3.63) is 42.3 Å². The third kappa shape index (κ3) is 5.08. The Labute approximate surface area is 152 Å². The van der Waals surface area contributed by atoms with Crippen molar-refractivity contribution in [1.29, 1.82) is 0 Å². The molecule has 0 unspecified atom stereocenters. The van der Waals surface area contributed by atoms with E-state index in [1.165, 1.54) is 19.2 Å². The summed E-state index contributed by atoms with van der Waals surface area (Å²) in [6.07, 6.45) is -2.21. The first-order valence-electron chi connectivity index (χ1n) is 8.15. The van der Waals surface area contributed by atoms with E-state index in [0.29, 0.717) is 24.3 Å². The van der Waals surface area contributed by atoms with Gasteiger partial charge in [-0.15, -0.1) is 13.2 Å². The van der Waals surface area contributed by atoms with Crippen LogP contribution in [0.1, 0.15) is 19.8 Å². The van der Waals surface area contributed by atoms with Gasteiger partial charge in [0.05, 0.1) is 5.69 Å². The first-order valence-corrected chi connectivity index (χ1v) is 8.15. The number of hydrogen-bond donors (Lipinski definition) is 1. The molecule has 5 nitrogen and oxygen atoms in total. The number of aromatic nitrogens is 1. The molecular formula is C18H16F4N2O3. The molecule has 9 heteroatoms. The van der Waals surface area contributed by atoms with Crippen LogP contribution in [0.5, 0.6) is 11.5 Å². The van der Waals surface area contributed by atoms with Crippen LogP contribution in [0.3, 0.4) is 0 Å². The van der Waals surface area contributed by atoms with Crippen molar-refractivity contribution in [1.82, 2.24) is 10.3 Å². The monoisotopic (exact) mass is 384 g/mol. The maximum absolute atomic E-state index is 13.9. The van der Waals surface area contributed by atoms with Gasteiger partial charge < -0.3 is 14.8 Å². The van der Waals surface area contributed by atoms with E-state index in [-0.39, 0.29) is 23.6 Å². The number of nitrogens with one attached hydrogen (secondary N) is 1. The summed E-state index contributed by atoms with van der Waals surface area (Å²) >= 11 is 0. The Morgan fingerprint density at radius 1 is 1.22 bits per heavy atom. The van der Waals surface area contributed by atoms with Crippen molar-refractivity contribution < 1.29 is 31.8 Å². The fourth-order valence-corrected chi connectivity index (χ4v) is 2.77. The number of ether oxygens (including phenoxy) is 2. The van der Waals surface area contributed by atoms with Gasteiger partial charge in [-0.2, -0.15) is 0 Å². The van der Waals surface area contributed by atoms with Crippen LogP contribution in [-0.2, 0) is 4.79 Å². The van der Waals surface area contributed by atoms with Gasteiger partial charge in [0.15, 0.2) is 11.6 Å². The fraction of sp³-hybridized carbons (Fsp3) is 0.333. The van der Waals surface area contributed by atoms with Crippen molar-refractivity contribution in [3.8, 4) is 22.8 Å². The predicted octanol–water partition coefficient (Wildman–Crippen LogP) is 3.83. The Morgan fingerprint density at radius 3 is 2.59 bits per heavy atom. The zero-order valence-electron chi connectivity index (χ0n) is 14.2. The first kappa shape index (κ1) is 18.9. The number of benzene rings is 1. The number of hydrogen-bond acceptors (Lipinski definition) is 4. The van der Waals surface area contributed by atoms with E-state index in [9.17, 15) is 22.4 Å². The summed E-state index contributed by atoms with van der Waals surface area (Å²) < 4.78 is 59.9. The van der Waals surface area contributed by atoms with Crippen LogP contribution in [0.2, 0.25) is 0 Å². The van der Waals surface area contributed by atoms with Gasteiger partial charge in [-0.3, -0.25) is 9.78 Å². The minimum Gasteiger partial charge on any atom is -0.490 e. The molecule has 1 amide bonds. The summed E-state index contributed by atoms with van der Waals surface area (Å²) in [5, 5.41) is 2.79. The van der Waals surface area contributed by atoms with Crippen LogP contribution in [-0.4, -0.2) is 29.4 Å². The van der Waals surface area contributed by atoms with Gasteiger partial charge in [-0.05, 0) is 24.3 Å². The average molecular weight is 384 g/mol. The van der Waals surface area contributed by atoms with Crippen LogP contribution in [0.15, 0.2) is 36.5 Å². The van der Waals surface area contributed by atoms with E-state index in [0.717, 1.165) is 12.1 Å². The third-order valence-electron chi connectivity index (χ3n) is 3.99. The molecule has 1 aromatic carbocycles. The van der Waals surface area contributed by atoms with E-state index >= 15 is 0 Å². The molecule has 1 aliphatic carbocycles. The number of carbonyl (C=O) groups excluding carboxylic acids is 1. The number of alkyl halides is 3. The molecule has 0 radical (unpaired) electrons. The van der Waals surface area contributed by atoms with Gasteiger partial charge in [0.1, 0.15) is 11.9 Å². The molecule has 0 aliphatic heterocycles. The summed E-state index contributed by atoms with van der Waals surface area (Å²) in [6, 6.07) is 6.40. The van der Waals surface area contributed by atoms with Crippen LogP contribution < -0.4 is 14.8 Å². The lowest BCUT2D eigenvalue weighted by molar-refractivity contribution is -0.275. The maximum Gasteiger partial charge on any atom is 0.573 e. The SMILES string of the molecule is CC(=O)NC1CC(Oc2ccnc(-c3ccc(OC(F)(F)F)c(F)c3)c2)C1. The molecule has 0 bridgehead atoms. The van der Waals surface area contributed by atoms with Crippen molar-refractivity contribution in [2.24, 2.45) is 0 Å². The molecule has 0 atom stereocenters. The Hall–Kier alpha value is -2.84. The second-order valence-electron chi connectivity index (χ2n) is 6.18. The number of halogens is 4. The van der Waals surface area contributed by atoms with Crippen LogP contribution >= 0.6 is 0 Å². The zero-order valence-corrected chi connectivity index (χ0v) is 14.2. The van der Waals surface area contributed by atoms with Crippen LogP contribution in [0.25, 0.3) is 11.3 Å². The molecule has 1 fully saturated rings. The van der Waals surface area contributed by atoms with Gasteiger partial charge >= 0.3 is 6.36 Å². The van der Waals surface area contributed by atoms with Crippen LogP contribution in [0, 0.1) is 5.82 Å². The molecule has 3 rings (SSSR count). The van der Waals surface area contributed by atoms with Gasteiger partial charge in [0.2, 0.25) is 5.91 Å². The van der Waals surface area contributed by atoms with E-state index < -0.39 is 17.9 Å². The summed E-state index contributed by atoms with van der Waals surface area (Å²) in [4.78, 5) is 15.1. The molecule has 27 heavy (non-hydrogen) atoms. The maximum atomic E-state index is 13.9. The summed E-state index contributed by atoms with van der Waals surface area (Å²) in [7, 11) is 0. The standard InChI is InChI=1S/C18H16F4N2O3/c1-10(25)24-12-7-14(8-12)26-13-4-5-23-16(9-13)11-2-3-17(15(19)6-11)27-18(20,21)22/h2-6,9,12,14H,7-8H2,1H3,(H,24,25). The Bertz CT molecular complexity index is 836. The van der Waals surface area contributed by atoms with E-state index in [2.05, 4.69) is 15.0 Å². The Kier molecular flexibility index (Phi) is 5.20. The quantitative estimate of drug-likeness (QED) is 0.796.